The van der Waals surface area contributed by atoms with Crippen molar-refractivity contribution in [3.05, 3.63) is 0 Å². The van der Waals surface area contributed by atoms with Crippen LogP contribution in [0.3, 0.4) is 0 Å². The Hall–Kier alpha value is -2.16. The first kappa shape index (κ1) is 27.8. The zero-order valence-electron chi connectivity index (χ0n) is 19.3. The maximum absolute atomic E-state index is 12.7. The van der Waals surface area contributed by atoms with Gasteiger partial charge in [0.1, 0.15) is 18.1 Å². The molecule has 0 saturated heterocycles. The summed E-state index contributed by atoms with van der Waals surface area (Å²) in [7, 11) is 0. The largest absolute Gasteiger partial charge is 0.480 e. The summed E-state index contributed by atoms with van der Waals surface area (Å²) in [5.41, 5.74) is 5.96. The van der Waals surface area contributed by atoms with Gasteiger partial charge in [-0.1, -0.05) is 54.4 Å². The molecule has 30 heavy (non-hydrogen) atoms. The van der Waals surface area contributed by atoms with E-state index in [0.717, 1.165) is 6.42 Å². The van der Waals surface area contributed by atoms with E-state index in [-0.39, 0.29) is 17.8 Å². The maximum atomic E-state index is 12.7. The summed E-state index contributed by atoms with van der Waals surface area (Å²) < 4.78 is 0. The lowest BCUT2D eigenvalue weighted by Gasteiger charge is -2.26. The van der Waals surface area contributed by atoms with E-state index in [1.165, 1.54) is 6.92 Å². The van der Waals surface area contributed by atoms with Crippen LogP contribution in [0.2, 0.25) is 0 Å². The van der Waals surface area contributed by atoms with Crippen molar-refractivity contribution in [1.82, 2.24) is 16.0 Å². The normalized spacial score (nSPS) is 17.2. The number of rotatable bonds is 13. The second-order valence-electron chi connectivity index (χ2n) is 8.54. The van der Waals surface area contributed by atoms with E-state index in [1.807, 2.05) is 34.6 Å². The van der Waals surface area contributed by atoms with Crippen LogP contribution in [-0.4, -0.2) is 53.0 Å². The molecule has 0 aromatic carbocycles. The molecule has 6 N–H and O–H groups in total. The lowest BCUT2D eigenvalue weighted by atomic mass is 9.97. The van der Waals surface area contributed by atoms with Gasteiger partial charge in [0.05, 0.1) is 6.04 Å². The van der Waals surface area contributed by atoms with Crippen LogP contribution in [0.15, 0.2) is 0 Å². The average molecular weight is 429 g/mol. The molecular formula is C21H40N4O5. The van der Waals surface area contributed by atoms with Crippen molar-refractivity contribution in [2.45, 2.75) is 91.9 Å². The third-order valence-electron chi connectivity index (χ3n) is 5.43. The number of carboxylic acid groups (broad SMARTS) is 1. The molecular weight excluding hydrogens is 388 g/mol. The molecule has 0 aromatic heterocycles. The van der Waals surface area contributed by atoms with Crippen molar-refractivity contribution in [1.29, 1.82) is 0 Å². The van der Waals surface area contributed by atoms with Crippen LogP contribution >= 0.6 is 0 Å². The van der Waals surface area contributed by atoms with Gasteiger partial charge in [0.2, 0.25) is 17.7 Å². The quantitative estimate of drug-likeness (QED) is 0.295. The summed E-state index contributed by atoms with van der Waals surface area (Å²) in [4.78, 5) is 49.0. The summed E-state index contributed by atoms with van der Waals surface area (Å²) in [6.07, 6.45) is 1.69. The van der Waals surface area contributed by atoms with Crippen molar-refractivity contribution in [3.8, 4) is 0 Å². The molecule has 0 fully saturated rings. The Bertz CT molecular complexity index is 596. The number of amides is 3. The van der Waals surface area contributed by atoms with E-state index < -0.39 is 47.9 Å². The highest BCUT2D eigenvalue weighted by Gasteiger charge is 2.30. The number of nitrogens with two attached hydrogens (primary N) is 1. The lowest BCUT2D eigenvalue weighted by Crippen LogP contribution is -2.57. The van der Waals surface area contributed by atoms with Crippen LogP contribution in [0.5, 0.6) is 0 Å². The van der Waals surface area contributed by atoms with Gasteiger partial charge in [0.25, 0.3) is 0 Å². The van der Waals surface area contributed by atoms with E-state index in [2.05, 4.69) is 16.0 Å². The summed E-state index contributed by atoms with van der Waals surface area (Å²) in [5.74, 6) is -2.82. The minimum Gasteiger partial charge on any atom is -0.480 e. The molecule has 0 aliphatic rings. The van der Waals surface area contributed by atoms with Gasteiger partial charge in [-0.2, -0.15) is 0 Å². The Morgan fingerprint density at radius 2 is 1.33 bits per heavy atom. The van der Waals surface area contributed by atoms with Crippen molar-refractivity contribution >= 4 is 23.7 Å². The van der Waals surface area contributed by atoms with Gasteiger partial charge < -0.3 is 26.8 Å². The first-order valence-corrected chi connectivity index (χ1v) is 10.7. The van der Waals surface area contributed by atoms with Crippen molar-refractivity contribution in [3.63, 3.8) is 0 Å². The van der Waals surface area contributed by atoms with Crippen molar-refractivity contribution < 1.29 is 24.3 Å². The van der Waals surface area contributed by atoms with Gasteiger partial charge in [0.15, 0.2) is 0 Å². The Morgan fingerprint density at radius 1 is 0.800 bits per heavy atom. The molecule has 9 heteroatoms. The second kappa shape index (κ2) is 13.2. The second-order valence-corrected chi connectivity index (χ2v) is 8.54. The molecule has 6 atom stereocenters. The highest BCUT2D eigenvalue weighted by molar-refractivity contribution is 5.94. The molecule has 0 aliphatic heterocycles. The first-order chi connectivity index (χ1) is 13.8. The maximum Gasteiger partial charge on any atom is 0.326 e. The number of carbonyl (C=O) groups is 4. The fraction of sp³-hybridized carbons (Fsp3) is 0.810. The van der Waals surface area contributed by atoms with E-state index in [4.69, 9.17) is 5.73 Å². The molecule has 0 aromatic rings. The van der Waals surface area contributed by atoms with Gasteiger partial charge in [-0.25, -0.2) is 4.79 Å². The van der Waals surface area contributed by atoms with Crippen molar-refractivity contribution in [2.75, 3.05) is 0 Å². The van der Waals surface area contributed by atoms with Gasteiger partial charge in [-0.15, -0.1) is 0 Å². The monoisotopic (exact) mass is 428 g/mol. The molecule has 174 valence electrons. The fourth-order valence-corrected chi connectivity index (χ4v) is 2.82. The molecule has 0 heterocycles. The van der Waals surface area contributed by atoms with Crippen LogP contribution in [0.25, 0.3) is 0 Å². The number of carboxylic acids is 1. The topological polar surface area (TPSA) is 151 Å². The fourth-order valence-electron chi connectivity index (χ4n) is 2.82. The van der Waals surface area contributed by atoms with E-state index in [0.29, 0.717) is 12.8 Å². The smallest absolute Gasteiger partial charge is 0.326 e. The Morgan fingerprint density at radius 3 is 1.77 bits per heavy atom. The highest BCUT2D eigenvalue weighted by Crippen LogP contribution is 2.10. The van der Waals surface area contributed by atoms with Gasteiger partial charge in [0, 0.05) is 0 Å². The third-order valence-corrected chi connectivity index (χ3v) is 5.43. The molecule has 0 rings (SSSR count). The lowest BCUT2D eigenvalue weighted by molar-refractivity contribution is -0.143. The van der Waals surface area contributed by atoms with E-state index >= 15 is 0 Å². The molecule has 0 bridgehead atoms. The highest BCUT2D eigenvalue weighted by atomic mass is 16.4. The molecule has 3 amide bonds. The minimum absolute atomic E-state index is 0.0361. The average Bonchev–Trinajstić information content (AvgIpc) is 2.68. The van der Waals surface area contributed by atoms with Crippen LogP contribution in [0.4, 0.5) is 0 Å². The Kier molecular flexibility index (Phi) is 12.3. The number of carbonyl (C=O) groups excluding carboxylic acids is 3. The van der Waals surface area contributed by atoms with Gasteiger partial charge in [-0.3, -0.25) is 14.4 Å². The summed E-state index contributed by atoms with van der Waals surface area (Å²) in [5, 5.41) is 17.1. The van der Waals surface area contributed by atoms with Crippen LogP contribution in [-0.2, 0) is 19.2 Å². The van der Waals surface area contributed by atoms with Gasteiger partial charge in [-0.05, 0) is 31.1 Å². The van der Waals surface area contributed by atoms with Gasteiger partial charge >= 0.3 is 5.97 Å². The predicted octanol–water partition coefficient (Wildman–Crippen LogP) is 1.01. The summed E-state index contributed by atoms with van der Waals surface area (Å²) >= 11 is 0. The first-order valence-electron chi connectivity index (χ1n) is 10.7. The van der Waals surface area contributed by atoms with E-state index in [1.54, 1.807) is 6.92 Å². The molecule has 9 nitrogen and oxygen atoms in total. The Labute approximate surface area is 179 Å². The predicted molar refractivity (Wildman–Crippen MR) is 115 cm³/mol. The summed E-state index contributed by atoms with van der Waals surface area (Å²) in [6.45, 7) is 12.7. The van der Waals surface area contributed by atoms with Crippen molar-refractivity contribution in [2.24, 2.45) is 23.5 Å². The summed E-state index contributed by atoms with van der Waals surface area (Å²) in [6, 6.07) is -3.57. The minimum atomic E-state index is -1.12. The molecule has 0 spiro atoms. The zero-order chi connectivity index (χ0) is 23.6. The third kappa shape index (κ3) is 9.11. The van der Waals surface area contributed by atoms with Crippen LogP contribution in [0.1, 0.15) is 67.7 Å². The molecule has 0 saturated carbocycles. The standard InChI is InChI=1S/C21H40N4O5/c1-8-12(5)16(22)20(28)24-15(10-11(3)4)19(27)23-14(7)18(26)25-17(21(29)30)13(6)9-2/h11-17H,8-10,22H2,1-7H3,(H,23,27)(H,24,28)(H,25,26)(H,29,30). The number of hydrogen-bond donors (Lipinski definition) is 5. The molecule has 6 unspecified atom stereocenters. The van der Waals surface area contributed by atoms with Crippen LogP contribution < -0.4 is 21.7 Å². The van der Waals surface area contributed by atoms with E-state index in [9.17, 15) is 24.3 Å². The number of aliphatic carboxylic acids is 1. The number of nitrogens with one attached hydrogen (secondary N) is 3. The van der Waals surface area contributed by atoms with Crippen LogP contribution in [0, 0.1) is 17.8 Å². The molecule has 0 aliphatic carbocycles. The number of hydrogen-bond acceptors (Lipinski definition) is 5. The Balaban J connectivity index is 5.15. The SMILES string of the molecule is CCC(C)C(N)C(=O)NC(CC(C)C)C(=O)NC(C)C(=O)NC(C(=O)O)C(C)CC. The molecule has 0 radical (unpaired) electrons. The zero-order valence-corrected chi connectivity index (χ0v) is 19.3.